The highest BCUT2D eigenvalue weighted by Gasteiger charge is 2.60. The maximum absolute atomic E-state index is 9.75. The second-order valence-corrected chi connectivity index (χ2v) is 10.7. The van der Waals surface area contributed by atoms with Gasteiger partial charge in [0.25, 0.3) is 0 Å². The lowest BCUT2D eigenvalue weighted by atomic mass is 9.56. The van der Waals surface area contributed by atoms with E-state index in [0.717, 1.165) is 5.92 Å². The molecule has 212 valence electrons. The molecule has 3 heterocycles. The molecule has 0 amide bonds. The van der Waals surface area contributed by atoms with Crippen LogP contribution in [0.5, 0.6) is 0 Å². The number of nitrogens with one attached hydrogen (secondary N) is 1. The largest absolute Gasteiger partial charge is 0.673 e. The Morgan fingerprint density at radius 2 is 1.42 bits per heavy atom. The SMILES string of the molecule is CCCCCC[N+]1=C[C@@H]2C=C(C)[C@H]1[C@@]1(C)C[NH+](CCCCCC)CC[C@@H]21.F[B-](F)(F)F.F[B-](F)(F)F. The van der Waals surface area contributed by atoms with Crippen molar-refractivity contribution < 1.29 is 44.0 Å². The van der Waals surface area contributed by atoms with E-state index in [1.165, 1.54) is 84.0 Å². The van der Waals surface area contributed by atoms with Crippen molar-refractivity contribution in [2.45, 2.75) is 91.5 Å². The van der Waals surface area contributed by atoms with E-state index in [2.05, 4.69) is 44.6 Å². The molecule has 3 aliphatic heterocycles. The van der Waals surface area contributed by atoms with Crippen LogP contribution in [0, 0.1) is 17.3 Å². The number of likely N-dealkylation sites (tertiary alicyclic amines) is 1. The van der Waals surface area contributed by atoms with Gasteiger partial charge in [0.15, 0.2) is 6.04 Å². The van der Waals surface area contributed by atoms with Crippen LogP contribution in [0.25, 0.3) is 0 Å². The summed E-state index contributed by atoms with van der Waals surface area (Å²) in [5.41, 5.74) is 2.15. The number of quaternary nitrogens is 1. The molecule has 36 heavy (non-hydrogen) atoms. The molecular weight excluding hydrogens is 490 g/mol. The number of piperidine rings is 1. The van der Waals surface area contributed by atoms with Crippen LogP contribution in [0.3, 0.4) is 0 Å². The summed E-state index contributed by atoms with van der Waals surface area (Å²) in [5, 5.41) is 0. The fourth-order valence-corrected chi connectivity index (χ4v) is 6.44. The molecule has 1 fully saturated rings. The molecule has 5 atom stereocenters. The number of unbranched alkanes of at least 4 members (excludes halogenated alkanes) is 6. The number of hydrogen-bond acceptors (Lipinski definition) is 0. The standard InChI is InChI=1S/C24H43N2.2BF4/c1-5-7-9-11-14-25-16-13-22-21-17-20(3)23(24(22,4)19-25)26(18-21)15-12-10-8-6-2;2*2-1(3,4)5/h17-18,21-23H,5-16,19H2,1-4H3;;/q+1;2*-1/p+1/t21-,22-,23-,24-;;/m0../s1. The van der Waals surface area contributed by atoms with E-state index in [1.807, 2.05) is 4.90 Å². The summed E-state index contributed by atoms with van der Waals surface area (Å²) in [5.74, 6) is 1.60. The van der Waals surface area contributed by atoms with E-state index >= 15 is 0 Å². The third-order valence-corrected chi connectivity index (χ3v) is 7.61. The predicted octanol–water partition coefficient (Wildman–Crippen LogP) is 6.70. The summed E-state index contributed by atoms with van der Waals surface area (Å²) < 4.78 is 80.8. The van der Waals surface area contributed by atoms with E-state index < -0.39 is 14.5 Å². The lowest BCUT2D eigenvalue weighted by Gasteiger charge is -2.53. The molecule has 0 saturated carbocycles. The molecule has 2 nitrogen and oxygen atoms in total. The van der Waals surface area contributed by atoms with Crippen molar-refractivity contribution in [2.24, 2.45) is 17.3 Å². The number of allylic oxidation sites excluding steroid dienone is 1. The summed E-state index contributed by atoms with van der Waals surface area (Å²) in [4.78, 5) is 1.89. The van der Waals surface area contributed by atoms with Crippen LogP contribution in [0.15, 0.2) is 11.6 Å². The van der Waals surface area contributed by atoms with Crippen molar-refractivity contribution in [1.82, 2.24) is 0 Å². The highest BCUT2D eigenvalue weighted by molar-refractivity contribution is 6.50. The van der Waals surface area contributed by atoms with Crippen LogP contribution in [0.2, 0.25) is 0 Å². The summed E-state index contributed by atoms with van der Waals surface area (Å²) >= 11 is 0. The lowest BCUT2D eigenvalue weighted by molar-refractivity contribution is -0.918. The minimum Gasteiger partial charge on any atom is -0.418 e. The average Bonchev–Trinajstić information content (AvgIpc) is 2.71. The second kappa shape index (κ2) is 14.8. The molecule has 0 radical (unpaired) electrons. The van der Waals surface area contributed by atoms with Gasteiger partial charge in [-0.3, -0.25) is 0 Å². The molecule has 1 unspecified atom stereocenters. The Kier molecular flexibility index (Phi) is 13.5. The molecule has 0 aromatic heterocycles. The van der Waals surface area contributed by atoms with Crippen LogP contribution >= 0.6 is 0 Å². The number of halogens is 8. The Morgan fingerprint density at radius 1 is 0.889 bits per heavy atom. The average molecular weight is 534 g/mol. The topological polar surface area (TPSA) is 7.45 Å². The highest BCUT2D eigenvalue weighted by Crippen LogP contribution is 2.49. The minimum atomic E-state index is -6.00. The van der Waals surface area contributed by atoms with Crippen LogP contribution in [0.4, 0.5) is 34.5 Å². The Balaban J connectivity index is 0.000000550. The fraction of sp³-hybridized carbons (Fsp3) is 0.875. The van der Waals surface area contributed by atoms with Gasteiger partial charge in [0.2, 0.25) is 0 Å². The summed E-state index contributed by atoms with van der Waals surface area (Å²) in [6, 6.07) is 0.671. The van der Waals surface area contributed by atoms with Gasteiger partial charge < -0.3 is 39.4 Å². The summed E-state index contributed by atoms with van der Waals surface area (Å²) in [6.45, 7) is 15.2. The smallest absolute Gasteiger partial charge is 0.418 e. The van der Waals surface area contributed by atoms with Gasteiger partial charge in [-0.1, -0.05) is 45.6 Å². The molecule has 0 spiro atoms. The fourth-order valence-electron chi connectivity index (χ4n) is 6.44. The van der Waals surface area contributed by atoms with Crippen LogP contribution in [-0.2, 0) is 0 Å². The lowest BCUT2D eigenvalue weighted by Crippen LogP contribution is -3.15. The van der Waals surface area contributed by atoms with E-state index in [1.54, 1.807) is 5.57 Å². The van der Waals surface area contributed by atoms with Gasteiger partial charge in [-0.25, -0.2) is 4.58 Å². The maximum Gasteiger partial charge on any atom is 0.673 e. The second-order valence-electron chi connectivity index (χ2n) is 10.7. The molecular formula is C24H44B2F8N2. The molecule has 2 bridgehead atoms. The van der Waals surface area contributed by atoms with Crippen molar-refractivity contribution in [3.63, 3.8) is 0 Å². The number of hydrogen-bond donors (Lipinski definition) is 1. The van der Waals surface area contributed by atoms with Crippen molar-refractivity contribution >= 4 is 20.7 Å². The highest BCUT2D eigenvalue weighted by atomic mass is 19.5. The monoisotopic (exact) mass is 534 g/mol. The number of rotatable bonds is 10. The van der Waals surface area contributed by atoms with E-state index in [-0.39, 0.29) is 0 Å². The molecule has 4 rings (SSSR count). The Bertz CT molecular complexity index is 687. The van der Waals surface area contributed by atoms with Crippen molar-refractivity contribution in [1.29, 1.82) is 0 Å². The van der Waals surface area contributed by atoms with Crippen molar-refractivity contribution in [3.05, 3.63) is 11.6 Å². The zero-order chi connectivity index (χ0) is 27.6. The van der Waals surface area contributed by atoms with E-state index in [4.69, 9.17) is 0 Å². The first-order valence-electron chi connectivity index (χ1n) is 13.5. The zero-order valence-electron chi connectivity index (χ0n) is 22.2. The molecule has 1 aliphatic carbocycles. The molecule has 4 aliphatic rings. The van der Waals surface area contributed by atoms with E-state index in [0.29, 0.717) is 17.4 Å². The summed E-state index contributed by atoms with van der Waals surface area (Å²) in [7, 11) is -12.0. The molecule has 0 aromatic rings. The summed E-state index contributed by atoms with van der Waals surface area (Å²) in [6.07, 6.45) is 17.8. The van der Waals surface area contributed by atoms with Crippen molar-refractivity contribution in [2.75, 3.05) is 26.2 Å². The predicted molar refractivity (Wildman–Crippen MR) is 133 cm³/mol. The van der Waals surface area contributed by atoms with Gasteiger partial charge in [-0.15, -0.1) is 0 Å². The van der Waals surface area contributed by atoms with Crippen molar-refractivity contribution in [3.8, 4) is 0 Å². The number of nitrogens with zero attached hydrogens (tertiary/aromatic N) is 1. The Hall–Kier alpha value is -1.06. The third-order valence-electron chi connectivity index (χ3n) is 7.61. The molecule has 1 N–H and O–H groups in total. The third kappa shape index (κ3) is 12.0. The van der Waals surface area contributed by atoms with Crippen LogP contribution < -0.4 is 4.90 Å². The minimum absolute atomic E-state index is 0.487. The van der Waals surface area contributed by atoms with Gasteiger partial charge in [0.1, 0.15) is 12.8 Å². The first-order valence-corrected chi connectivity index (χ1v) is 13.5. The van der Waals surface area contributed by atoms with Gasteiger partial charge in [-0.05, 0) is 44.6 Å². The Morgan fingerprint density at radius 3 is 1.94 bits per heavy atom. The van der Waals surface area contributed by atoms with Gasteiger partial charge in [-0.2, -0.15) is 0 Å². The van der Waals surface area contributed by atoms with Gasteiger partial charge in [0.05, 0.1) is 31.0 Å². The molecule has 1 saturated heterocycles. The van der Waals surface area contributed by atoms with Gasteiger partial charge >= 0.3 is 14.5 Å². The Labute approximate surface area is 211 Å². The first-order chi connectivity index (χ1) is 16.6. The quantitative estimate of drug-likeness (QED) is 0.105. The normalized spacial score (nSPS) is 29.2. The van der Waals surface area contributed by atoms with E-state index in [9.17, 15) is 34.5 Å². The van der Waals surface area contributed by atoms with Crippen LogP contribution in [-0.4, -0.2) is 57.5 Å². The first kappa shape index (κ1) is 33.0. The van der Waals surface area contributed by atoms with Gasteiger partial charge in [0, 0.05) is 12.8 Å². The van der Waals surface area contributed by atoms with Crippen LogP contribution in [0.1, 0.15) is 85.5 Å². The molecule has 0 aromatic carbocycles. The maximum atomic E-state index is 9.75. The zero-order valence-corrected chi connectivity index (χ0v) is 22.2. The molecule has 12 heteroatoms.